The Hall–Kier alpha value is -3.80. The Bertz CT molecular complexity index is 990. The lowest BCUT2D eigenvalue weighted by Crippen LogP contribution is -2.28. The Morgan fingerprint density at radius 3 is 1.69 bits per heavy atom. The monoisotopic (exact) mass is 388 g/mol. The van der Waals surface area contributed by atoms with Crippen LogP contribution in [0, 0.1) is 17.7 Å². The van der Waals surface area contributed by atoms with E-state index in [1.54, 1.807) is 0 Å². The van der Waals surface area contributed by atoms with Crippen molar-refractivity contribution < 1.29 is 9.47 Å². The zero-order chi connectivity index (χ0) is 20.8. The molecule has 0 fully saturated rings. The molecule has 0 aromatic heterocycles. The van der Waals surface area contributed by atoms with Crippen molar-refractivity contribution in [3.63, 3.8) is 0 Å². The minimum Gasteiger partial charge on any atom is -0.478 e. The fourth-order valence-electron chi connectivity index (χ4n) is 2.98. The number of aryl methyl sites for hydroxylation is 1. The van der Waals surface area contributed by atoms with Gasteiger partial charge in [-0.3, -0.25) is 10.8 Å². The van der Waals surface area contributed by atoms with Gasteiger partial charge in [0.1, 0.15) is 23.2 Å². The first-order chi connectivity index (χ1) is 14.0. The molecule has 0 aliphatic carbocycles. The van der Waals surface area contributed by atoms with E-state index in [0.717, 1.165) is 11.1 Å². The van der Waals surface area contributed by atoms with Crippen LogP contribution in [0.2, 0.25) is 0 Å². The number of hydrogen-bond acceptors (Lipinski definition) is 4. The summed E-state index contributed by atoms with van der Waals surface area (Å²) in [4.78, 5) is 0. The summed E-state index contributed by atoms with van der Waals surface area (Å²) < 4.78 is 11.9. The molecule has 0 amide bonds. The summed E-state index contributed by atoms with van der Waals surface area (Å²) in [6.07, 6.45) is -1.53. The van der Waals surface area contributed by atoms with Crippen molar-refractivity contribution in [2.75, 3.05) is 0 Å². The SMILES string of the molecule is Cc1ccc(C(Oc2ccccc2)C(=N)N)cc1C(Oc1ccccc1)C(=N)N. The largest absolute Gasteiger partial charge is 0.478 e. The fourth-order valence-corrected chi connectivity index (χ4v) is 2.98. The predicted molar refractivity (Wildman–Crippen MR) is 115 cm³/mol. The number of nitrogens with two attached hydrogens (primary N) is 2. The van der Waals surface area contributed by atoms with Crippen LogP contribution in [0.1, 0.15) is 28.9 Å². The zero-order valence-corrected chi connectivity index (χ0v) is 16.1. The normalized spacial score (nSPS) is 12.6. The topological polar surface area (TPSA) is 118 Å². The van der Waals surface area contributed by atoms with E-state index in [1.165, 1.54) is 0 Å². The molecule has 29 heavy (non-hydrogen) atoms. The molecular formula is C23H24N4O2. The molecular weight excluding hydrogens is 364 g/mol. The Balaban J connectivity index is 1.96. The minimum absolute atomic E-state index is 0.113. The second-order valence-corrected chi connectivity index (χ2v) is 6.65. The number of amidine groups is 2. The minimum atomic E-state index is -0.763. The lowest BCUT2D eigenvalue weighted by Gasteiger charge is -2.23. The van der Waals surface area contributed by atoms with Gasteiger partial charge in [-0.25, -0.2) is 0 Å². The molecule has 0 aliphatic heterocycles. The van der Waals surface area contributed by atoms with Crippen LogP contribution in [0.15, 0.2) is 78.9 Å². The Labute approximate surface area is 170 Å². The number of nitrogens with one attached hydrogen (secondary N) is 2. The molecule has 3 aromatic rings. The quantitative estimate of drug-likeness (QED) is 0.343. The molecule has 0 radical (unpaired) electrons. The highest BCUT2D eigenvalue weighted by Gasteiger charge is 2.23. The van der Waals surface area contributed by atoms with Gasteiger partial charge in [0, 0.05) is 11.1 Å². The van der Waals surface area contributed by atoms with Gasteiger partial charge in [-0.05, 0) is 42.8 Å². The van der Waals surface area contributed by atoms with Gasteiger partial charge in [-0.15, -0.1) is 0 Å². The summed E-state index contributed by atoms with van der Waals surface area (Å²) >= 11 is 0. The van der Waals surface area contributed by atoms with Crippen molar-refractivity contribution >= 4 is 11.7 Å². The lowest BCUT2D eigenvalue weighted by molar-refractivity contribution is 0.264. The number of para-hydroxylation sites is 2. The van der Waals surface area contributed by atoms with E-state index in [9.17, 15) is 0 Å². The smallest absolute Gasteiger partial charge is 0.180 e. The Kier molecular flexibility index (Phi) is 6.14. The van der Waals surface area contributed by atoms with Crippen LogP contribution in [-0.2, 0) is 0 Å². The number of benzene rings is 3. The van der Waals surface area contributed by atoms with Crippen molar-refractivity contribution in [1.29, 1.82) is 10.8 Å². The van der Waals surface area contributed by atoms with E-state index in [0.29, 0.717) is 17.1 Å². The van der Waals surface area contributed by atoms with Gasteiger partial charge in [0.05, 0.1) is 0 Å². The maximum absolute atomic E-state index is 8.03. The predicted octanol–water partition coefficient (Wildman–Crippen LogP) is 4.11. The van der Waals surface area contributed by atoms with Crippen LogP contribution in [-0.4, -0.2) is 11.7 Å². The first kappa shape index (κ1) is 19.9. The van der Waals surface area contributed by atoms with Gasteiger partial charge in [0.15, 0.2) is 12.2 Å². The summed E-state index contributed by atoms with van der Waals surface area (Å²) in [6, 6.07) is 24.0. The van der Waals surface area contributed by atoms with Gasteiger partial charge in [-0.1, -0.05) is 48.5 Å². The first-order valence-corrected chi connectivity index (χ1v) is 9.17. The van der Waals surface area contributed by atoms with Crippen molar-refractivity contribution in [1.82, 2.24) is 0 Å². The van der Waals surface area contributed by atoms with E-state index in [2.05, 4.69) is 0 Å². The van der Waals surface area contributed by atoms with E-state index in [-0.39, 0.29) is 11.7 Å². The van der Waals surface area contributed by atoms with Crippen molar-refractivity contribution in [3.05, 3.63) is 95.6 Å². The molecule has 6 nitrogen and oxygen atoms in total. The summed E-state index contributed by atoms with van der Waals surface area (Å²) in [6.45, 7) is 1.92. The van der Waals surface area contributed by atoms with Gasteiger partial charge < -0.3 is 20.9 Å². The Morgan fingerprint density at radius 1 is 0.724 bits per heavy atom. The molecule has 2 atom stereocenters. The van der Waals surface area contributed by atoms with E-state index < -0.39 is 12.2 Å². The summed E-state index contributed by atoms with van der Waals surface area (Å²) in [7, 11) is 0. The van der Waals surface area contributed by atoms with Gasteiger partial charge >= 0.3 is 0 Å². The lowest BCUT2D eigenvalue weighted by atomic mass is 9.96. The van der Waals surface area contributed by atoms with Crippen LogP contribution in [0.4, 0.5) is 0 Å². The van der Waals surface area contributed by atoms with Crippen LogP contribution in [0.3, 0.4) is 0 Å². The summed E-state index contributed by atoms with van der Waals surface area (Å²) in [5.74, 6) is 0.990. The van der Waals surface area contributed by atoms with E-state index in [1.807, 2.05) is 85.8 Å². The average molecular weight is 388 g/mol. The third kappa shape index (κ3) is 4.93. The van der Waals surface area contributed by atoms with Crippen LogP contribution < -0.4 is 20.9 Å². The van der Waals surface area contributed by atoms with Gasteiger partial charge in [-0.2, -0.15) is 0 Å². The molecule has 0 spiro atoms. The second-order valence-electron chi connectivity index (χ2n) is 6.65. The standard InChI is InChI=1S/C23H24N4O2/c1-15-12-13-16(20(22(24)25)28-17-8-4-2-5-9-17)14-19(15)21(23(26)27)29-18-10-6-3-7-11-18/h2-14,20-21H,1H3,(H3,24,25)(H3,26,27). The highest BCUT2D eigenvalue weighted by Crippen LogP contribution is 2.29. The van der Waals surface area contributed by atoms with E-state index in [4.69, 9.17) is 31.8 Å². The molecule has 6 N–H and O–H groups in total. The van der Waals surface area contributed by atoms with Crippen molar-refractivity contribution in [2.45, 2.75) is 19.1 Å². The second kappa shape index (κ2) is 8.93. The first-order valence-electron chi connectivity index (χ1n) is 9.17. The molecule has 0 bridgehead atoms. The van der Waals surface area contributed by atoms with Crippen molar-refractivity contribution in [2.24, 2.45) is 11.5 Å². The van der Waals surface area contributed by atoms with Crippen LogP contribution in [0.5, 0.6) is 11.5 Å². The van der Waals surface area contributed by atoms with Crippen molar-refractivity contribution in [3.8, 4) is 11.5 Å². The fraction of sp³-hybridized carbons (Fsp3) is 0.130. The van der Waals surface area contributed by atoms with Gasteiger partial charge in [0.2, 0.25) is 0 Å². The zero-order valence-electron chi connectivity index (χ0n) is 16.1. The number of rotatable bonds is 8. The molecule has 3 rings (SSSR count). The van der Waals surface area contributed by atoms with E-state index >= 15 is 0 Å². The maximum atomic E-state index is 8.03. The third-order valence-corrected chi connectivity index (χ3v) is 4.45. The highest BCUT2D eigenvalue weighted by atomic mass is 16.5. The Morgan fingerprint density at radius 2 is 1.21 bits per heavy atom. The molecule has 6 heteroatoms. The summed E-state index contributed by atoms with van der Waals surface area (Å²) in [5.41, 5.74) is 14.0. The molecule has 148 valence electrons. The van der Waals surface area contributed by atoms with Crippen LogP contribution >= 0.6 is 0 Å². The molecule has 0 saturated carbocycles. The number of ether oxygens (including phenoxy) is 2. The molecule has 2 unspecified atom stereocenters. The van der Waals surface area contributed by atoms with Crippen LogP contribution in [0.25, 0.3) is 0 Å². The third-order valence-electron chi connectivity index (χ3n) is 4.45. The number of hydrogen-bond donors (Lipinski definition) is 4. The highest BCUT2D eigenvalue weighted by molar-refractivity contribution is 5.85. The summed E-state index contributed by atoms with van der Waals surface area (Å²) in [5, 5.41) is 16.0. The van der Waals surface area contributed by atoms with Gasteiger partial charge in [0.25, 0.3) is 0 Å². The molecule has 0 saturated heterocycles. The molecule has 0 heterocycles. The molecule has 0 aliphatic rings. The maximum Gasteiger partial charge on any atom is 0.180 e. The average Bonchev–Trinajstić information content (AvgIpc) is 2.72. The molecule has 3 aromatic carbocycles.